The number of nitrogens with zero attached hydrogens (tertiary/aromatic N) is 1. The zero-order valence-corrected chi connectivity index (χ0v) is 14.1. The molecule has 0 saturated carbocycles. The van der Waals surface area contributed by atoms with Gasteiger partial charge in [-0.2, -0.15) is 0 Å². The summed E-state index contributed by atoms with van der Waals surface area (Å²) in [6, 6.07) is 2.04. The Bertz CT molecular complexity index is 618. The molecule has 1 N–H and O–H groups in total. The van der Waals surface area contributed by atoms with Crippen molar-refractivity contribution < 1.29 is 13.9 Å². The Morgan fingerprint density at radius 3 is 3.22 bits per heavy atom. The van der Waals surface area contributed by atoms with E-state index in [2.05, 4.69) is 10.3 Å². The van der Waals surface area contributed by atoms with Gasteiger partial charge in [-0.1, -0.05) is 0 Å². The molecule has 0 aliphatic carbocycles. The third-order valence-electron chi connectivity index (χ3n) is 4.01. The lowest BCUT2D eigenvalue weighted by atomic mass is 10.1. The molecule has 0 unspecified atom stereocenters. The molecule has 3 heterocycles. The fraction of sp³-hybridized carbons (Fsp3) is 0.529. The van der Waals surface area contributed by atoms with Crippen LogP contribution in [0.4, 0.5) is 0 Å². The summed E-state index contributed by atoms with van der Waals surface area (Å²) in [5.74, 6) is 0.0221. The highest BCUT2D eigenvalue weighted by Crippen LogP contribution is 2.24. The summed E-state index contributed by atoms with van der Waals surface area (Å²) in [4.78, 5) is 16.6. The monoisotopic (exact) mass is 334 g/mol. The largest absolute Gasteiger partial charge is 0.472 e. The van der Waals surface area contributed by atoms with Crippen molar-refractivity contribution in [3.8, 4) is 10.6 Å². The van der Waals surface area contributed by atoms with Gasteiger partial charge in [0.1, 0.15) is 11.3 Å². The van der Waals surface area contributed by atoms with Crippen molar-refractivity contribution in [3.63, 3.8) is 0 Å². The van der Waals surface area contributed by atoms with Crippen LogP contribution in [0.3, 0.4) is 0 Å². The molecule has 0 aromatic carbocycles. The maximum Gasteiger partial charge on any atom is 0.226 e. The topological polar surface area (TPSA) is 64.4 Å². The Morgan fingerprint density at radius 2 is 2.48 bits per heavy atom. The van der Waals surface area contributed by atoms with Gasteiger partial charge in [0.15, 0.2) is 0 Å². The summed E-state index contributed by atoms with van der Waals surface area (Å²) in [6.07, 6.45) is 8.26. The second-order valence-corrected chi connectivity index (χ2v) is 6.87. The minimum absolute atomic E-state index is 0.0221. The molecule has 0 bridgehead atoms. The van der Waals surface area contributed by atoms with Crippen molar-refractivity contribution >= 4 is 17.2 Å². The van der Waals surface area contributed by atoms with Gasteiger partial charge in [-0.25, -0.2) is 4.98 Å². The third-order valence-corrected chi connectivity index (χ3v) is 4.95. The van der Waals surface area contributed by atoms with E-state index in [1.807, 2.05) is 18.4 Å². The summed E-state index contributed by atoms with van der Waals surface area (Å²) in [7, 11) is 0. The van der Waals surface area contributed by atoms with Crippen LogP contribution in [0.1, 0.15) is 38.3 Å². The number of amides is 1. The molecule has 2 atom stereocenters. The lowest BCUT2D eigenvalue weighted by Gasteiger charge is -2.16. The Kier molecular flexibility index (Phi) is 5.46. The van der Waals surface area contributed by atoms with Gasteiger partial charge in [0, 0.05) is 23.6 Å². The van der Waals surface area contributed by atoms with Gasteiger partial charge < -0.3 is 14.5 Å². The van der Waals surface area contributed by atoms with Crippen LogP contribution in [0.25, 0.3) is 10.6 Å². The van der Waals surface area contributed by atoms with Crippen LogP contribution in [0.15, 0.2) is 28.4 Å². The molecule has 1 amide bonds. The average Bonchev–Trinajstić information content (AvgIpc) is 3.26. The number of carbonyl (C=O) groups is 1. The van der Waals surface area contributed by atoms with Crippen molar-refractivity contribution in [2.45, 2.75) is 51.2 Å². The first kappa shape index (κ1) is 16.2. The van der Waals surface area contributed by atoms with E-state index in [1.165, 1.54) is 11.3 Å². The predicted molar refractivity (Wildman–Crippen MR) is 89.3 cm³/mol. The number of hydrogen-bond acceptors (Lipinski definition) is 5. The number of ether oxygens (including phenoxy) is 1. The molecule has 6 heteroatoms. The molecule has 0 radical (unpaired) electrons. The first-order valence-electron chi connectivity index (χ1n) is 8.08. The quantitative estimate of drug-likeness (QED) is 0.843. The van der Waals surface area contributed by atoms with E-state index in [-0.39, 0.29) is 11.9 Å². The Hall–Kier alpha value is -1.66. The minimum Gasteiger partial charge on any atom is -0.472 e. The maximum absolute atomic E-state index is 12.1. The molecular weight excluding hydrogens is 312 g/mol. The molecule has 0 spiro atoms. The second kappa shape index (κ2) is 7.75. The van der Waals surface area contributed by atoms with Crippen LogP contribution in [-0.2, 0) is 16.0 Å². The van der Waals surface area contributed by atoms with Gasteiger partial charge in [-0.05, 0) is 38.7 Å². The van der Waals surface area contributed by atoms with Gasteiger partial charge in [0.05, 0.1) is 24.5 Å². The van der Waals surface area contributed by atoms with Crippen LogP contribution in [0.5, 0.6) is 0 Å². The van der Waals surface area contributed by atoms with Gasteiger partial charge in [0.2, 0.25) is 5.91 Å². The predicted octanol–water partition coefficient (Wildman–Crippen LogP) is 3.41. The van der Waals surface area contributed by atoms with Crippen LogP contribution in [-0.4, -0.2) is 29.6 Å². The molecule has 5 nitrogen and oxygen atoms in total. The van der Waals surface area contributed by atoms with E-state index in [4.69, 9.17) is 9.15 Å². The Morgan fingerprint density at radius 1 is 1.57 bits per heavy atom. The molecule has 1 aliphatic heterocycles. The van der Waals surface area contributed by atoms with Crippen molar-refractivity contribution in [3.05, 3.63) is 29.7 Å². The Labute approximate surface area is 140 Å². The van der Waals surface area contributed by atoms with Crippen molar-refractivity contribution in [2.75, 3.05) is 6.61 Å². The minimum atomic E-state index is 0.0221. The Balaban J connectivity index is 1.43. The fourth-order valence-corrected chi connectivity index (χ4v) is 3.58. The third kappa shape index (κ3) is 4.65. The van der Waals surface area contributed by atoms with Gasteiger partial charge in [-0.3, -0.25) is 4.79 Å². The van der Waals surface area contributed by atoms with Crippen molar-refractivity contribution in [2.24, 2.45) is 0 Å². The van der Waals surface area contributed by atoms with Crippen molar-refractivity contribution in [1.29, 1.82) is 0 Å². The molecule has 1 aliphatic rings. The van der Waals surface area contributed by atoms with Gasteiger partial charge >= 0.3 is 0 Å². The zero-order chi connectivity index (χ0) is 16.1. The molecular formula is C17H22N2O3S. The van der Waals surface area contributed by atoms with E-state index in [0.29, 0.717) is 12.5 Å². The van der Waals surface area contributed by atoms with E-state index in [1.54, 1.807) is 12.5 Å². The van der Waals surface area contributed by atoms with E-state index in [0.717, 1.165) is 48.6 Å². The second-order valence-electron chi connectivity index (χ2n) is 6.01. The first-order valence-corrected chi connectivity index (χ1v) is 8.96. The highest BCUT2D eigenvalue weighted by molar-refractivity contribution is 7.13. The summed E-state index contributed by atoms with van der Waals surface area (Å²) in [5, 5.41) is 5.86. The normalized spacial score (nSPS) is 18.9. The number of furan rings is 1. The number of carbonyl (C=O) groups excluding carboxylic acids is 1. The highest BCUT2D eigenvalue weighted by Gasteiger charge is 2.17. The maximum atomic E-state index is 12.1. The lowest BCUT2D eigenvalue weighted by molar-refractivity contribution is -0.121. The molecule has 124 valence electrons. The summed E-state index contributed by atoms with van der Waals surface area (Å²) >= 11 is 1.53. The molecule has 1 fully saturated rings. The molecule has 2 aromatic heterocycles. The number of aromatic nitrogens is 1. The van der Waals surface area contributed by atoms with Crippen LogP contribution in [0.2, 0.25) is 0 Å². The fourth-order valence-electron chi connectivity index (χ4n) is 2.78. The first-order chi connectivity index (χ1) is 11.2. The van der Waals surface area contributed by atoms with Crippen LogP contribution < -0.4 is 5.32 Å². The lowest BCUT2D eigenvalue weighted by Crippen LogP contribution is -2.34. The van der Waals surface area contributed by atoms with Crippen molar-refractivity contribution in [1.82, 2.24) is 10.3 Å². The number of nitrogens with one attached hydrogen (secondary N) is 1. The molecule has 3 rings (SSSR count). The molecule has 23 heavy (non-hydrogen) atoms. The van der Waals surface area contributed by atoms with E-state index in [9.17, 15) is 4.79 Å². The van der Waals surface area contributed by atoms with Gasteiger partial charge in [0.25, 0.3) is 0 Å². The van der Waals surface area contributed by atoms with Crippen LogP contribution >= 0.6 is 11.3 Å². The zero-order valence-electron chi connectivity index (χ0n) is 13.3. The SMILES string of the molecule is C[C@@H](CC[C@H]1CCCO1)NC(=O)Cc1csc(-c2ccoc2)n1. The molecule has 2 aromatic rings. The summed E-state index contributed by atoms with van der Waals surface area (Å²) < 4.78 is 10.7. The van der Waals surface area contributed by atoms with E-state index < -0.39 is 0 Å². The number of thiazole rings is 1. The summed E-state index contributed by atoms with van der Waals surface area (Å²) in [6.45, 7) is 2.93. The van der Waals surface area contributed by atoms with Crippen LogP contribution in [0, 0.1) is 0 Å². The number of rotatable bonds is 7. The molecule has 1 saturated heterocycles. The average molecular weight is 334 g/mol. The van der Waals surface area contributed by atoms with Gasteiger partial charge in [-0.15, -0.1) is 11.3 Å². The number of hydrogen-bond donors (Lipinski definition) is 1. The summed E-state index contributed by atoms with van der Waals surface area (Å²) in [5.41, 5.74) is 1.75. The highest BCUT2D eigenvalue weighted by atomic mass is 32.1. The van der Waals surface area contributed by atoms with E-state index >= 15 is 0 Å². The standard InChI is InChI=1S/C17H22N2O3S/c1-12(4-5-15-3-2-7-22-15)18-16(20)9-14-11-23-17(19-14)13-6-8-21-10-13/h6,8,10-12,15H,2-5,7,9H2,1H3,(H,18,20)/t12-,15+/m0/s1. The smallest absolute Gasteiger partial charge is 0.226 e.